The average molecular weight is 471 g/mol. The first-order valence-corrected chi connectivity index (χ1v) is 11.8. The average Bonchev–Trinajstić information content (AvgIpc) is 3.38. The van der Waals surface area contributed by atoms with E-state index in [9.17, 15) is 0 Å². The number of piperazine rings is 1. The number of benzene rings is 3. The molecule has 0 amide bonds. The molecule has 1 aliphatic rings. The molecule has 0 aliphatic carbocycles. The lowest BCUT2D eigenvalue weighted by atomic mass is 10.0. The molecule has 3 aromatic carbocycles. The predicted octanol–water partition coefficient (Wildman–Crippen LogP) is 3.65. The fourth-order valence-corrected chi connectivity index (χ4v) is 4.69. The van der Waals surface area contributed by atoms with Crippen molar-refractivity contribution in [3.8, 4) is 11.5 Å². The maximum atomic E-state index is 5.76. The van der Waals surface area contributed by atoms with E-state index in [2.05, 4.69) is 61.7 Å². The van der Waals surface area contributed by atoms with Crippen molar-refractivity contribution >= 4 is 5.69 Å². The quantitative estimate of drug-likeness (QED) is 0.389. The van der Waals surface area contributed by atoms with Crippen LogP contribution in [0.5, 0.6) is 11.5 Å². The van der Waals surface area contributed by atoms with Crippen molar-refractivity contribution in [3.63, 3.8) is 0 Å². The van der Waals surface area contributed by atoms with Gasteiger partial charge in [-0.25, -0.2) is 4.68 Å². The van der Waals surface area contributed by atoms with Crippen molar-refractivity contribution in [2.45, 2.75) is 12.6 Å². The Morgan fingerprint density at radius 1 is 0.800 bits per heavy atom. The molecular formula is C27H30N6O2. The second-order valence-electron chi connectivity index (χ2n) is 8.55. The molecule has 1 aromatic heterocycles. The normalized spacial score (nSPS) is 15.1. The largest absolute Gasteiger partial charge is 0.497 e. The highest BCUT2D eigenvalue weighted by Crippen LogP contribution is 2.34. The smallest absolute Gasteiger partial charge is 0.173 e. The zero-order valence-corrected chi connectivity index (χ0v) is 20.1. The monoisotopic (exact) mass is 470 g/mol. The Bertz CT molecular complexity index is 1220. The summed E-state index contributed by atoms with van der Waals surface area (Å²) in [5.74, 6) is 2.47. The Morgan fingerprint density at radius 2 is 1.51 bits per heavy atom. The molecule has 1 atom stereocenters. The second kappa shape index (κ2) is 10.6. The van der Waals surface area contributed by atoms with Gasteiger partial charge in [-0.3, -0.25) is 4.90 Å². The van der Waals surface area contributed by atoms with E-state index in [0.29, 0.717) is 6.54 Å². The molecule has 8 heteroatoms. The van der Waals surface area contributed by atoms with Crippen LogP contribution in [-0.2, 0) is 6.54 Å². The Labute approximate surface area is 205 Å². The van der Waals surface area contributed by atoms with E-state index in [1.807, 2.05) is 47.1 Å². The SMILES string of the molecule is COc1ccc(Cn2nnnc2C(c2ccccc2OC)N2CCN(c3ccccc3)CC2)cc1. The fourth-order valence-electron chi connectivity index (χ4n) is 4.69. The number of methoxy groups -OCH3 is 2. The zero-order valence-electron chi connectivity index (χ0n) is 20.1. The van der Waals surface area contributed by atoms with Crippen LogP contribution in [0.25, 0.3) is 0 Å². The minimum absolute atomic E-state index is 0.127. The van der Waals surface area contributed by atoms with Crippen LogP contribution in [0.1, 0.15) is 23.0 Å². The molecule has 0 N–H and O–H groups in total. The van der Waals surface area contributed by atoms with Gasteiger partial charge in [0.25, 0.3) is 0 Å². The van der Waals surface area contributed by atoms with Crippen LogP contribution in [-0.4, -0.2) is 65.5 Å². The number of rotatable bonds is 8. The van der Waals surface area contributed by atoms with Gasteiger partial charge in [0, 0.05) is 37.4 Å². The Kier molecular flexibility index (Phi) is 6.90. The molecule has 0 saturated carbocycles. The minimum Gasteiger partial charge on any atom is -0.497 e. The molecule has 1 aliphatic heterocycles. The Morgan fingerprint density at radius 3 is 2.23 bits per heavy atom. The molecule has 1 unspecified atom stereocenters. The van der Waals surface area contributed by atoms with Gasteiger partial charge in [0.15, 0.2) is 5.82 Å². The van der Waals surface area contributed by atoms with Gasteiger partial charge in [0.1, 0.15) is 17.5 Å². The lowest BCUT2D eigenvalue weighted by Gasteiger charge is -2.40. The summed E-state index contributed by atoms with van der Waals surface area (Å²) in [7, 11) is 3.38. The summed E-state index contributed by atoms with van der Waals surface area (Å²) < 4.78 is 12.9. The maximum absolute atomic E-state index is 5.76. The van der Waals surface area contributed by atoms with Crippen LogP contribution >= 0.6 is 0 Å². The molecule has 1 saturated heterocycles. The third-order valence-electron chi connectivity index (χ3n) is 6.53. The predicted molar refractivity (Wildman–Crippen MR) is 135 cm³/mol. The van der Waals surface area contributed by atoms with Gasteiger partial charge in [-0.05, 0) is 46.3 Å². The number of tetrazole rings is 1. The standard InChI is InChI=1S/C27H30N6O2/c1-34-23-14-12-21(13-15-23)20-33-27(28-29-30-33)26(24-10-6-7-11-25(24)35-2)32-18-16-31(17-19-32)22-8-4-3-5-9-22/h3-15,26H,16-20H2,1-2H3. The first kappa shape index (κ1) is 22.9. The highest BCUT2D eigenvalue weighted by molar-refractivity contribution is 5.47. The number of ether oxygens (including phenoxy) is 2. The maximum Gasteiger partial charge on any atom is 0.173 e. The van der Waals surface area contributed by atoms with Gasteiger partial charge < -0.3 is 14.4 Å². The first-order chi connectivity index (χ1) is 17.3. The lowest BCUT2D eigenvalue weighted by Crippen LogP contribution is -2.48. The van der Waals surface area contributed by atoms with Crippen molar-refractivity contribution in [1.29, 1.82) is 0 Å². The van der Waals surface area contributed by atoms with Gasteiger partial charge in [-0.15, -0.1) is 5.10 Å². The summed E-state index contributed by atoms with van der Waals surface area (Å²) in [4.78, 5) is 4.88. The molecule has 4 aromatic rings. The summed E-state index contributed by atoms with van der Waals surface area (Å²) in [6.07, 6.45) is 0. The van der Waals surface area contributed by atoms with Crippen LogP contribution in [0.15, 0.2) is 78.9 Å². The van der Waals surface area contributed by atoms with Crippen molar-refractivity contribution in [2.24, 2.45) is 0 Å². The summed E-state index contributed by atoms with van der Waals surface area (Å²) in [6.45, 7) is 4.19. The number of hydrogen-bond donors (Lipinski definition) is 0. The van der Waals surface area contributed by atoms with E-state index in [0.717, 1.165) is 54.6 Å². The van der Waals surface area contributed by atoms with E-state index in [1.54, 1.807) is 14.2 Å². The van der Waals surface area contributed by atoms with Crippen molar-refractivity contribution in [1.82, 2.24) is 25.1 Å². The molecule has 2 heterocycles. The molecule has 5 rings (SSSR count). The van der Waals surface area contributed by atoms with E-state index >= 15 is 0 Å². The molecule has 35 heavy (non-hydrogen) atoms. The number of anilines is 1. The van der Waals surface area contributed by atoms with Gasteiger partial charge in [-0.1, -0.05) is 48.5 Å². The number of para-hydroxylation sites is 2. The highest BCUT2D eigenvalue weighted by Gasteiger charge is 2.32. The molecule has 8 nitrogen and oxygen atoms in total. The Balaban J connectivity index is 1.45. The number of nitrogens with zero attached hydrogens (tertiary/aromatic N) is 6. The van der Waals surface area contributed by atoms with Crippen LogP contribution in [0, 0.1) is 0 Å². The molecule has 180 valence electrons. The summed E-state index contributed by atoms with van der Waals surface area (Å²) in [5, 5.41) is 12.9. The van der Waals surface area contributed by atoms with E-state index < -0.39 is 0 Å². The van der Waals surface area contributed by atoms with Crippen LogP contribution in [0.3, 0.4) is 0 Å². The third kappa shape index (κ3) is 4.97. The molecule has 0 spiro atoms. The first-order valence-electron chi connectivity index (χ1n) is 11.8. The highest BCUT2D eigenvalue weighted by atomic mass is 16.5. The number of hydrogen-bond acceptors (Lipinski definition) is 7. The van der Waals surface area contributed by atoms with Gasteiger partial charge >= 0.3 is 0 Å². The molecule has 0 radical (unpaired) electrons. The third-order valence-corrected chi connectivity index (χ3v) is 6.53. The molecule has 1 fully saturated rings. The lowest BCUT2D eigenvalue weighted by molar-refractivity contribution is 0.198. The van der Waals surface area contributed by atoms with Crippen LogP contribution < -0.4 is 14.4 Å². The number of aromatic nitrogens is 4. The van der Waals surface area contributed by atoms with E-state index in [1.165, 1.54) is 5.69 Å². The summed E-state index contributed by atoms with van der Waals surface area (Å²) in [5.41, 5.74) is 3.42. The minimum atomic E-state index is -0.127. The van der Waals surface area contributed by atoms with Crippen molar-refractivity contribution in [2.75, 3.05) is 45.3 Å². The summed E-state index contributed by atoms with van der Waals surface area (Å²) >= 11 is 0. The Hall–Kier alpha value is -3.91. The van der Waals surface area contributed by atoms with Gasteiger partial charge in [0.2, 0.25) is 0 Å². The van der Waals surface area contributed by atoms with Crippen molar-refractivity contribution < 1.29 is 9.47 Å². The summed E-state index contributed by atoms with van der Waals surface area (Å²) in [6, 6.07) is 26.6. The van der Waals surface area contributed by atoms with Crippen LogP contribution in [0.4, 0.5) is 5.69 Å². The van der Waals surface area contributed by atoms with Crippen LogP contribution in [0.2, 0.25) is 0 Å². The second-order valence-corrected chi connectivity index (χ2v) is 8.55. The van der Waals surface area contributed by atoms with Gasteiger partial charge in [0.05, 0.1) is 20.8 Å². The molecule has 0 bridgehead atoms. The van der Waals surface area contributed by atoms with Gasteiger partial charge in [-0.2, -0.15) is 0 Å². The fraction of sp³-hybridized carbons (Fsp3) is 0.296. The topological polar surface area (TPSA) is 68.5 Å². The van der Waals surface area contributed by atoms with E-state index in [-0.39, 0.29) is 6.04 Å². The molecular weight excluding hydrogens is 440 g/mol. The zero-order chi connectivity index (χ0) is 24.0. The van der Waals surface area contributed by atoms with Crippen molar-refractivity contribution in [3.05, 3.63) is 95.8 Å². The van der Waals surface area contributed by atoms with E-state index in [4.69, 9.17) is 9.47 Å².